The first-order chi connectivity index (χ1) is 11.3. The molecule has 0 radical (unpaired) electrons. The normalized spacial score (nSPS) is 29.0. The standard InChI is InChI=1S/C19H26N2O2/c22-19(21-10-4-7-17(21)16-8-9-16)18-14-20(11-12-23-18)13-15-5-2-1-3-6-15/h1-3,5-6,16-18H,4,7-14H2/t17-,18+/m0/s1. The first-order valence-electron chi connectivity index (χ1n) is 8.99. The second kappa shape index (κ2) is 6.62. The van der Waals surface area contributed by atoms with Gasteiger partial charge in [-0.25, -0.2) is 0 Å². The largest absolute Gasteiger partial charge is 0.366 e. The van der Waals surface area contributed by atoms with Gasteiger partial charge in [-0.1, -0.05) is 30.3 Å². The minimum Gasteiger partial charge on any atom is -0.366 e. The van der Waals surface area contributed by atoms with Gasteiger partial charge in [-0.2, -0.15) is 0 Å². The highest BCUT2D eigenvalue weighted by Gasteiger charge is 2.42. The van der Waals surface area contributed by atoms with Crippen LogP contribution in [0.5, 0.6) is 0 Å². The van der Waals surface area contributed by atoms with E-state index in [9.17, 15) is 4.79 Å². The van der Waals surface area contributed by atoms with E-state index < -0.39 is 0 Å². The Morgan fingerprint density at radius 3 is 2.74 bits per heavy atom. The van der Waals surface area contributed by atoms with E-state index in [1.54, 1.807) is 0 Å². The van der Waals surface area contributed by atoms with Gasteiger partial charge in [0.15, 0.2) is 0 Å². The van der Waals surface area contributed by atoms with E-state index in [-0.39, 0.29) is 12.0 Å². The van der Waals surface area contributed by atoms with E-state index in [0.717, 1.165) is 38.5 Å². The molecule has 124 valence electrons. The summed E-state index contributed by atoms with van der Waals surface area (Å²) in [7, 11) is 0. The van der Waals surface area contributed by atoms with Gasteiger partial charge in [0, 0.05) is 32.2 Å². The summed E-state index contributed by atoms with van der Waals surface area (Å²) in [5.74, 6) is 1.00. The average Bonchev–Trinajstić information content (AvgIpc) is 3.32. The number of morpholine rings is 1. The first kappa shape index (κ1) is 15.2. The molecule has 4 nitrogen and oxygen atoms in total. The second-order valence-electron chi connectivity index (χ2n) is 7.16. The van der Waals surface area contributed by atoms with Crippen molar-refractivity contribution in [2.45, 2.75) is 44.4 Å². The molecule has 4 heteroatoms. The number of nitrogens with zero attached hydrogens (tertiary/aromatic N) is 2. The Morgan fingerprint density at radius 1 is 1.13 bits per heavy atom. The van der Waals surface area contributed by atoms with Gasteiger partial charge in [-0.05, 0) is 37.2 Å². The maximum Gasteiger partial charge on any atom is 0.253 e. The molecule has 1 amide bonds. The van der Waals surface area contributed by atoms with E-state index in [1.165, 1.54) is 24.8 Å². The van der Waals surface area contributed by atoms with Gasteiger partial charge in [0.05, 0.1) is 6.61 Å². The van der Waals surface area contributed by atoms with Crippen LogP contribution >= 0.6 is 0 Å². The Bertz CT molecular complexity index is 544. The van der Waals surface area contributed by atoms with Crippen molar-refractivity contribution >= 4 is 5.91 Å². The molecule has 0 N–H and O–H groups in total. The molecule has 1 saturated carbocycles. The fourth-order valence-electron chi connectivity index (χ4n) is 4.06. The van der Waals surface area contributed by atoms with Crippen LogP contribution in [0.3, 0.4) is 0 Å². The average molecular weight is 314 g/mol. The van der Waals surface area contributed by atoms with Gasteiger partial charge in [0.25, 0.3) is 5.91 Å². The maximum atomic E-state index is 12.9. The highest BCUT2D eigenvalue weighted by Crippen LogP contribution is 2.40. The van der Waals surface area contributed by atoms with Crippen molar-refractivity contribution in [2.24, 2.45) is 5.92 Å². The third-order valence-electron chi connectivity index (χ3n) is 5.42. The highest BCUT2D eigenvalue weighted by atomic mass is 16.5. The summed E-state index contributed by atoms with van der Waals surface area (Å²) in [5, 5.41) is 0. The molecule has 1 aromatic rings. The summed E-state index contributed by atoms with van der Waals surface area (Å²) in [4.78, 5) is 17.4. The predicted octanol–water partition coefficient (Wildman–Crippen LogP) is 2.29. The Hall–Kier alpha value is -1.39. The van der Waals surface area contributed by atoms with Crippen molar-refractivity contribution in [1.29, 1.82) is 0 Å². The van der Waals surface area contributed by atoms with Gasteiger partial charge < -0.3 is 9.64 Å². The van der Waals surface area contributed by atoms with Crippen LogP contribution in [0, 0.1) is 5.92 Å². The van der Waals surface area contributed by atoms with Crippen molar-refractivity contribution in [2.75, 3.05) is 26.2 Å². The Balaban J connectivity index is 1.37. The van der Waals surface area contributed by atoms with Crippen molar-refractivity contribution in [3.05, 3.63) is 35.9 Å². The Morgan fingerprint density at radius 2 is 1.96 bits per heavy atom. The first-order valence-corrected chi connectivity index (χ1v) is 8.99. The van der Waals surface area contributed by atoms with Crippen LogP contribution in [0.1, 0.15) is 31.2 Å². The summed E-state index contributed by atoms with van der Waals surface area (Å²) in [6, 6.07) is 11.0. The molecule has 2 saturated heterocycles. The second-order valence-corrected chi connectivity index (χ2v) is 7.16. The van der Waals surface area contributed by atoms with Gasteiger partial charge in [0.2, 0.25) is 0 Å². The minimum atomic E-state index is -0.271. The molecule has 1 aromatic carbocycles. The third kappa shape index (κ3) is 3.43. The fourth-order valence-corrected chi connectivity index (χ4v) is 4.06. The number of rotatable bonds is 4. The number of hydrogen-bond donors (Lipinski definition) is 0. The molecule has 0 spiro atoms. The molecule has 2 heterocycles. The smallest absolute Gasteiger partial charge is 0.253 e. The van der Waals surface area contributed by atoms with Crippen molar-refractivity contribution in [3.8, 4) is 0 Å². The van der Waals surface area contributed by atoms with E-state index in [0.29, 0.717) is 12.6 Å². The van der Waals surface area contributed by atoms with Crippen LogP contribution in [-0.2, 0) is 16.1 Å². The molecule has 1 aliphatic carbocycles. The summed E-state index contributed by atoms with van der Waals surface area (Å²) in [6.45, 7) is 4.12. The van der Waals surface area contributed by atoms with Crippen molar-refractivity contribution in [3.63, 3.8) is 0 Å². The van der Waals surface area contributed by atoms with E-state index >= 15 is 0 Å². The van der Waals surface area contributed by atoms with E-state index in [1.807, 2.05) is 6.07 Å². The zero-order chi connectivity index (χ0) is 15.6. The number of carbonyl (C=O) groups is 1. The van der Waals surface area contributed by atoms with Crippen LogP contribution in [0.4, 0.5) is 0 Å². The number of amides is 1. The number of ether oxygens (including phenoxy) is 1. The molecule has 3 fully saturated rings. The fraction of sp³-hybridized carbons (Fsp3) is 0.632. The third-order valence-corrected chi connectivity index (χ3v) is 5.42. The molecule has 2 atom stereocenters. The molecule has 3 aliphatic rings. The number of carbonyl (C=O) groups excluding carboxylic acids is 1. The molecule has 0 bridgehead atoms. The number of benzene rings is 1. The lowest BCUT2D eigenvalue weighted by Crippen LogP contribution is -2.52. The summed E-state index contributed by atoms with van der Waals surface area (Å²) < 4.78 is 5.84. The molecular weight excluding hydrogens is 288 g/mol. The molecule has 2 aliphatic heterocycles. The molecule has 23 heavy (non-hydrogen) atoms. The molecular formula is C19H26N2O2. The van der Waals surface area contributed by atoms with Gasteiger partial charge >= 0.3 is 0 Å². The number of likely N-dealkylation sites (tertiary alicyclic amines) is 1. The molecule has 4 rings (SSSR count). The minimum absolute atomic E-state index is 0.233. The summed E-state index contributed by atoms with van der Waals surface area (Å²) >= 11 is 0. The maximum absolute atomic E-state index is 12.9. The van der Waals surface area contributed by atoms with E-state index in [2.05, 4.69) is 34.1 Å². The number of hydrogen-bond acceptors (Lipinski definition) is 3. The summed E-state index contributed by atoms with van der Waals surface area (Å²) in [6.07, 6.45) is 4.69. The zero-order valence-corrected chi connectivity index (χ0v) is 13.7. The monoisotopic (exact) mass is 314 g/mol. The quantitative estimate of drug-likeness (QED) is 0.855. The van der Waals surface area contributed by atoms with Crippen LogP contribution < -0.4 is 0 Å². The topological polar surface area (TPSA) is 32.8 Å². The Kier molecular flexibility index (Phi) is 4.36. The van der Waals surface area contributed by atoms with Gasteiger partial charge in [0.1, 0.15) is 6.10 Å². The van der Waals surface area contributed by atoms with E-state index in [4.69, 9.17) is 4.74 Å². The van der Waals surface area contributed by atoms with Crippen LogP contribution in [0.15, 0.2) is 30.3 Å². The summed E-state index contributed by atoms with van der Waals surface area (Å²) in [5.41, 5.74) is 1.30. The van der Waals surface area contributed by atoms with Gasteiger partial charge in [-0.15, -0.1) is 0 Å². The van der Waals surface area contributed by atoms with Crippen LogP contribution in [0.25, 0.3) is 0 Å². The van der Waals surface area contributed by atoms with Crippen LogP contribution in [0.2, 0.25) is 0 Å². The Labute approximate surface area is 138 Å². The lowest BCUT2D eigenvalue weighted by Gasteiger charge is -2.35. The SMILES string of the molecule is O=C([C@H]1CN(Cc2ccccc2)CCO1)N1CCC[C@H]1C1CC1. The molecule has 0 unspecified atom stereocenters. The lowest BCUT2D eigenvalue weighted by atomic mass is 10.1. The zero-order valence-electron chi connectivity index (χ0n) is 13.7. The van der Waals surface area contributed by atoms with Crippen molar-refractivity contribution < 1.29 is 9.53 Å². The molecule has 0 aromatic heterocycles. The van der Waals surface area contributed by atoms with Gasteiger partial charge in [-0.3, -0.25) is 9.69 Å². The lowest BCUT2D eigenvalue weighted by molar-refractivity contribution is -0.151. The highest BCUT2D eigenvalue weighted by molar-refractivity contribution is 5.82. The van der Waals surface area contributed by atoms with Crippen LogP contribution in [-0.4, -0.2) is 54.1 Å². The predicted molar refractivity (Wildman–Crippen MR) is 88.9 cm³/mol. The van der Waals surface area contributed by atoms with Crippen molar-refractivity contribution in [1.82, 2.24) is 9.80 Å².